The van der Waals surface area contributed by atoms with Gasteiger partial charge in [0.05, 0.1) is 11.9 Å². The van der Waals surface area contributed by atoms with Gasteiger partial charge in [-0.3, -0.25) is 4.79 Å². The number of nitrogens with two attached hydrogens (primary N) is 1. The van der Waals surface area contributed by atoms with Crippen LogP contribution in [-0.4, -0.2) is 10.9 Å². The molecule has 0 spiro atoms. The number of nitrogen functional groups attached to an aromatic ring is 1. The van der Waals surface area contributed by atoms with Gasteiger partial charge in [-0.05, 0) is 43.2 Å². The number of nitrogens with zero attached hydrogens (tertiary/aromatic N) is 1. The van der Waals surface area contributed by atoms with Gasteiger partial charge in [-0.25, -0.2) is 4.98 Å². The van der Waals surface area contributed by atoms with Crippen molar-refractivity contribution in [3.63, 3.8) is 0 Å². The number of aromatic nitrogens is 1. The Hall–Kier alpha value is -1.88. The summed E-state index contributed by atoms with van der Waals surface area (Å²) in [6.45, 7) is 3.76. The van der Waals surface area contributed by atoms with Gasteiger partial charge in [-0.2, -0.15) is 0 Å². The van der Waals surface area contributed by atoms with E-state index in [2.05, 4.69) is 26.2 Å². The smallest absolute Gasteiger partial charge is 0.257 e. The Morgan fingerprint density at radius 2 is 2.00 bits per heavy atom. The Bertz CT molecular complexity index is 641. The van der Waals surface area contributed by atoms with Crippen LogP contribution in [0, 0.1) is 13.8 Å². The maximum atomic E-state index is 12.2. The zero-order valence-corrected chi connectivity index (χ0v) is 12.3. The highest BCUT2D eigenvalue weighted by Gasteiger charge is 2.10. The normalized spacial score (nSPS) is 10.3. The summed E-state index contributed by atoms with van der Waals surface area (Å²) < 4.78 is 0.865. The summed E-state index contributed by atoms with van der Waals surface area (Å²) in [6.07, 6.45) is 1.54. The van der Waals surface area contributed by atoms with Crippen molar-refractivity contribution in [2.75, 3.05) is 11.1 Å². The van der Waals surface area contributed by atoms with Crippen LogP contribution >= 0.6 is 15.9 Å². The third-order valence-electron chi connectivity index (χ3n) is 2.84. The van der Waals surface area contributed by atoms with Gasteiger partial charge in [0.25, 0.3) is 5.91 Å². The highest BCUT2D eigenvalue weighted by atomic mass is 79.9. The van der Waals surface area contributed by atoms with Crippen LogP contribution in [0.4, 0.5) is 11.5 Å². The quantitative estimate of drug-likeness (QED) is 0.892. The Morgan fingerprint density at radius 3 is 2.68 bits per heavy atom. The zero-order chi connectivity index (χ0) is 14.0. The first kappa shape index (κ1) is 13.5. The number of halogens is 1. The predicted molar refractivity (Wildman–Crippen MR) is 80.2 cm³/mol. The van der Waals surface area contributed by atoms with E-state index in [0.29, 0.717) is 17.1 Å². The van der Waals surface area contributed by atoms with Crippen molar-refractivity contribution in [3.05, 3.63) is 51.6 Å². The first-order chi connectivity index (χ1) is 8.97. The van der Waals surface area contributed by atoms with E-state index in [0.717, 1.165) is 15.6 Å². The van der Waals surface area contributed by atoms with Crippen LogP contribution in [0.3, 0.4) is 0 Å². The van der Waals surface area contributed by atoms with Crippen LogP contribution in [0.1, 0.15) is 21.5 Å². The highest BCUT2D eigenvalue weighted by Crippen LogP contribution is 2.18. The van der Waals surface area contributed by atoms with Gasteiger partial charge in [-0.1, -0.05) is 22.0 Å². The number of carbonyl (C=O) groups excluding carboxylic acids is 1. The second-order valence-electron chi connectivity index (χ2n) is 4.34. The minimum absolute atomic E-state index is 0.185. The summed E-state index contributed by atoms with van der Waals surface area (Å²) in [5.74, 6) is 0.312. The fraction of sp³-hybridized carbons (Fsp3) is 0.143. The van der Waals surface area contributed by atoms with E-state index in [4.69, 9.17) is 5.73 Å². The molecule has 1 amide bonds. The molecule has 1 aromatic heterocycles. The Morgan fingerprint density at radius 1 is 1.26 bits per heavy atom. The molecule has 5 heteroatoms. The number of benzene rings is 1. The first-order valence-electron chi connectivity index (χ1n) is 5.77. The van der Waals surface area contributed by atoms with Crippen molar-refractivity contribution in [2.45, 2.75) is 13.8 Å². The standard InChI is InChI=1S/C14H14BrN3O/c1-8-3-4-10(15)6-11(8)14(19)18-13-5-9(2)12(16)7-17-13/h3-7H,16H2,1-2H3,(H,17,18,19). The molecular weight excluding hydrogens is 306 g/mol. The largest absolute Gasteiger partial charge is 0.397 e. The molecule has 0 aliphatic heterocycles. The predicted octanol–water partition coefficient (Wildman–Crippen LogP) is 3.30. The van der Waals surface area contributed by atoms with E-state index in [1.54, 1.807) is 18.3 Å². The van der Waals surface area contributed by atoms with Crippen molar-refractivity contribution >= 4 is 33.3 Å². The van der Waals surface area contributed by atoms with Crippen LogP contribution in [-0.2, 0) is 0 Å². The molecule has 0 bridgehead atoms. The van der Waals surface area contributed by atoms with Gasteiger partial charge in [0.2, 0.25) is 0 Å². The summed E-state index contributed by atoms with van der Waals surface area (Å²) in [6, 6.07) is 7.33. The van der Waals surface area contributed by atoms with Crippen molar-refractivity contribution in [1.29, 1.82) is 0 Å². The van der Waals surface area contributed by atoms with E-state index in [1.165, 1.54) is 0 Å². The SMILES string of the molecule is Cc1cc(NC(=O)c2cc(Br)ccc2C)ncc1N. The van der Waals surface area contributed by atoms with E-state index >= 15 is 0 Å². The number of amides is 1. The molecule has 19 heavy (non-hydrogen) atoms. The van der Waals surface area contributed by atoms with Crippen LogP contribution in [0.2, 0.25) is 0 Å². The molecule has 0 aliphatic rings. The Balaban J connectivity index is 2.25. The molecule has 98 valence electrons. The van der Waals surface area contributed by atoms with Gasteiger partial charge in [0, 0.05) is 10.0 Å². The molecule has 0 saturated heterocycles. The van der Waals surface area contributed by atoms with Crippen molar-refractivity contribution in [3.8, 4) is 0 Å². The molecule has 0 atom stereocenters. The number of hydrogen-bond donors (Lipinski definition) is 2. The first-order valence-corrected chi connectivity index (χ1v) is 6.56. The molecule has 2 rings (SSSR count). The lowest BCUT2D eigenvalue weighted by Gasteiger charge is -2.09. The maximum absolute atomic E-state index is 12.2. The minimum atomic E-state index is -0.185. The van der Waals surface area contributed by atoms with Crippen LogP contribution in [0.5, 0.6) is 0 Å². The summed E-state index contributed by atoms with van der Waals surface area (Å²) in [5.41, 5.74) is 8.71. The summed E-state index contributed by atoms with van der Waals surface area (Å²) in [4.78, 5) is 16.3. The average molecular weight is 320 g/mol. The van der Waals surface area contributed by atoms with Crippen LogP contribution in [0.25, 0.3) is 0 Å². The lowest BCUT2D eigenvalue weighted by atomic mass is 10.1. The Kier molecular flexibility index (Phi) is 3.85. The molecular formula is C14H14BrN3O. The molecule has 2 aromatic rings. The van der Waals surface area contributed by atoms with E-state index in [-0.39, 0.29) is 5.91 Å². The summed E-state index contributed by atoms with van der Waals surface area (Å²) in [5, 5.41) is 2.77. The Labute approximate surface area is 120 Å². The summed E-state index contributed by atoms with van der Waals surface area (Å²) in [7, 11) is 0. The van der Waals surface area contributed by atoms with E-state index in [1.807, 2.05) is 26.0 Å². The number of hydrogen-bond acceptors (Lipinski definition) is 3. The second kappa shape index (κ2) is 5.40. The molecule has 0 fully saturated rings. The van der Waals surface area contributed by atoms with Crippen molar-refractivity contribution < 1.29 is 4.79 Å². The van der Waals surface area contributed by atoms with E-state index in [9.17, 15) is 4.79 Å². The second-order valence-corrected chi connectivity index (χ2v) is 5.26. The van der Waals surface area contributed by atoms with Gasteiger partial charge in [-0.15, -0.1) is 0 Å². The molecule has 3 N–H and O–H groups in total. The van der Waals surface area contributed by atoms with Gasteiger partial charge < -0.3 is 11.1 Å². The lowest BCUT2D eigenvalue weighted by Crippen LogP contribution is -2.14. The molecule has 1 heterocycles. The van der Waals surface area contributed by atoms with Crippen molar-refractivity contribution in [2.24, 2.45) is 0 Å². The van der Waals surface area contributed by atoms with Gasteiger partial charge in [0.15, 0.2) is 0 Å². The fourth-order valence-corrected chi connectivity index (χ4v) is 2.02. The molecule has 4 nitrogen and oxygen atoms in total. The number of rotatable bonds is 2. The topological polar surface area (TPSA) is 68.0 Å². The zero-order valence-electron chi connectivity index (χ0n) is 10.7. The van der Waals surface area contributed by atoms with Crippen LogP contribution < -0.4 is 11.1 Å². The van der Waals surface area contributed by atoms with Crippen molar-refractivity contribution in [1.82, 2.24) is 4.98 Å². The molecule has 0 radical (unpaired) electrons. The minimum Gasteiger partial charge on any atom is -0.397 e. The number of anilines is 2. The number of pyridine rings is 1. The molecule has 0 aliphatic carbocycles. The molecule has 0 unspecified atom stereocenters. The maximum Gasteiger partial charge on any atom is 0.257 e. The number of aryl methyl sites for hydroxylation is 2. The molecule has 0 saturated carbocycles. The van der Waals surface area contributed by atoms with Gasteiger partial charge >= 0.3 is 0 Å². The highest BCUT2D eigenvalue weighted by molar-refractivity contribution is 9.10. The monoisotopic (exact) mass is 319 g/mol. The third-order valence-corrected chi connectivity index (χ3v) is 3.33. The number of carbonyl (C=O) groups is 1. The van der Waals surface area contributed by atoms with Crippen LogP contribution in [0.15, 0.2) is 34.9 Å². The fourth-order valence-electron chi connectivity index (χ4n) is 1.66. The molecule has 1 aromatic carbocycles. The van der Waals surface area contributed by atoms with Gasteiger partial charge in [0.1, 0.15) is 5.82 Å². The van der Waals surface area contributed by atoms with E-state index < -0.39 is 0 Å². The average Bonchev–Trinajstić information content (AvgIpc) is 2.36. The summed E-state index contributed by atoms with van der Waals surface area (Å²) >= 11 is 3.36. The number of nitrogens with one attached hydrogen (secondary N) is 1. The third kappa shape index (κ3) is 3.12. The lowest BCUT2D eigenvalue weighted by molar-refractivity contribution is 0.102.